The Morgan fingerprint density at radius 3 is 2.48 bits per heavy atom. The quantitative estimate of drug-likeness (QED) is 0.731. The molecule has 0 spiro atoms. The van der Waals surface area contributed by atoms with Gasteiger partial charge in [0.05, 0.1) is 5.02 Å². The number of hydrogen-bond acceptors (Lipinski definition) is 1. The highest BCUT2D eigenvalue weighted by Gasteiger charge is 2.14. The third-order valence-corrected chi connectivity index (χ3v) is 4.40. The third-order valence-electron chi connectivity index (χ3n) is 3.17. The van der Waals surface area contributed by atoms with E-state index in [4.69, 9.17) is 11.6 Å². The molecule has 0 heterocycles. The van der Waals surface area contributed by atoms with E-state index in [-0.39, 0.29) is 11.3 Å². The molecule has 2 aromatic rings. The molecule has 0 saturated carbocycles. The maximum absolute atomic E-state index is 12.3. The van der Waals surface area contributed by atoms with Crippen LogP contribution in [0.1, 0.15) is 36.7 Å². The first-order chi connectivity index (χ1) is 9.77. The number of halogens is 2. The highest BCUT2D eigenvalue weighted by Crippen LogP contribution is 2.26. The maximum atomic E-state index is 12.3. The summed E-state index contributed by atoms with van der Waals surface area (Å²) in [7, 11) is 0. The summed E-state index contributed by atoms with van der Waals surface area (Å²) < 4.78 is 0.774. The summed E-state index contributed by atoms with van der Waals surface area (Å²) in [5.41, 5.74) is 2.53. The molecule has 0 aliphatic heterocycles. The van der Waals surface area contributed by atoms with Crippen LogP contribution >= 0.6 is 27.5 Å². The molecule has 1 N–H and O–H groups in total. The van der Waals surface area contributed by atoms with Gasteiger partial charge in [0.1, 0.15) is 0 Å². The molecule has 110 valence electrons. The number of rotatable bonds is 2. The molecular formula is C17H17BrClNO. The Labute approximate surface area is 138 Å². The van der Waals surface area contributed by atoms with E-state index < -0.39 is 0 Å². The van der Waals surface area contributed by atoms with Crippen molar-refractivity contribution < 1.29 is 4.79 Å². The van der Waals surface area contributed by atoms with Crippen molar-refractivity contribution in [2.45, 2.75) is 26.2 Å². The molecule has 0 fully saturated rings. The highest BCUT2D eigenvalue weighted by atomic mass is 79.9. The molecule has 0 aromatic heterocycles. The van der Waals surface area contributed by atoms with E-state index in [2.05, 4.69) is 48.1 Å². The molecule has 0 saturated heterocycles. The minimum Gasteiger partial charge on any atom is -0.322 e. The Hall–Kier alpha value is -1.32. The Kier molecular flexibility index (Phi) is 4.74. The zero-order valence-corrected chi connectivity index (χ0v) is 14.5. The first kappa shape index (κ1) is 16.1. The van der Waals surface area contributed by atoms with Gasteiger partial charge < -0.3 is 5.32 Å². The number of carbonyl (C=O) groups excluding carboxylic acids is 1. The van der Waals surface area contributed by atoms with E-state index in [1.165, 1.54) is 5.56 Å². The zero-order valence-electron chi connectivity index (χ0n) is 12.2. The van der Waals surface area contributed by atoms with Crippen LogP contribution in [-0.4, -0.2) is 5.91 Å². The van der Waals surface area contributed by atoms with Gasteiger partial charge in [0.2, 0.25) is 0 Å². The van der Waals surface area contributed by atoms with Gasteiger partial charge in [-0.1, -0.05) is 44.5 Å². The molecule has 0 radical (unpaired) electrons. The summed E-state index contributed by atoms with van der Waals surface area (Å²) in [6, 6.07) is 13.0. The van der Waals surface area contributed by atoms with Gasteiger partial charge in [-0.3, -0.25) is 4.79 Å². The number of anilines is 1. The van der Waals surface area contributed by atoms with Crippen LogP contribution in [-0.2, 0) is 5.41 Å². The number of amides is 1. The van der Waals surface area contributed by atoms with E-state index in [1.54, 1.807) is 18.2 Å². The predicted molar refractivity (Wildman–Crippen MR) is 92.2 cm³/mol. The number of carbonyl (C=O) groups is 1. The van der Waals surface area contributed by atoms with Gasteiger partial charge in [0.15, 0.2) is 0 Å². The predicted octanol–water partition coefficient (Wildman–Crippen LogP) is 5.65. The Balaban J connectivity index is 2.21. The monoisotopic (exact) mass is 365 g/mol. The SMILES string of the molecule is CC(C)(C)c1cccc(NC(=O)c2ccc(Br)c(Cl)c2)c1. The summed E-state index contributed by atoms with van der Waals surface area (Å²) in [5, 5.41) is 3.42. The summed E-state index contributed by atoms with van der Waals surface area (Å²) >= 11 is 9.33. The number of nitrogens with one attached hydrogen (secondary N) is 1. The molecule has 2 aromatic carbocycles. The lowest BCUT2D eigenvalue weighted by Crippen LogP contribution is -2.14. The van der Waals surface area contributed by atoms with Crippen molar-refractivity contribution in [1.82, 2.24) is 0 Å². The molecule has 0 atom stereocenters. The van der Waals surface area contributed by atoms with Crippen molar-refractivity contribution >= 4 is 39.1 Å². The standard InChI is InChI=1S/C17H17BrClNO/c1-17(2,3)12-5-4-6-13(10-12)20-16(21)11-7-8-14(18)15(19)9-11/h4-10H,1-3H3,(H,20,21). The lowest BCUT2D eigenvalue weighted by atomic mass is 9.87. The molecule has 2 nitrogen and oxygen atoms in total. The van der Waals surface area contributed by atoms with E-state index in [1.807, 2.05) is 18.2 Å². The zero-order chi connectivity index (χ0) is 15.6. The van der Waals surface area contributed by atoms with Crippen molar-refractivity contribution in [3.8, 4) is 0 Å². The van der Waals surface area contributed by atoms with Gasteiger partial charge in [0, 0.05) is 15.7 Å². The molecule has 0 bridgehead atoms. The summed E-state index contributed by atoms with van der Waals surface area (Å²) in [5.74, 6) is -0.171. The number of hydrogen-bond donors (Lipinski definition) is 1. The maximum Gasteiger partial charge on any atom is 0.255 e. The molecule has 21 heavy (non-hydrogen) atoms. The average Bonchev–Trinajstić information content (AvgIpc) is 2.41. The van der Waals surface area contributed by atoms with Gasteiger partial charge in [-0.25, -0.2) is 0 Å². The first-order valence-electron chi connectivity index (χ1n) is 6.64. The van der Waals surface area contributed by atoms with Crippen LogP contribution in [0.15, 0.2) is 46.9 Å². The van der Waals surface area contributed by atoms with E-state index in [0.717, 1.165) is 10.2 Å². The van der Waals surface area contributed by atoms with Gasteiger partial charge in [-0.15, -0.1) is 0 Å². The van der Waals surface area contributed by atoms with Crippen molar-refractivity contribution in [1.29, 1.82) is 0 Å². The third kappa shape index (κ3) is 4.08. The first-order valence-corrected chi connectivity index (χ1v) is 7.81. The van der Waals surface area contributed by atoms with Gasteiger partial charge >= 0.3 is 0 Å². The van der Waals surface area contributed by atoms with Crippen molar-refractivity contribution in [3.63, 3.8) is 0 Å². The molecular weight excluding hydrogens is 350 g/mol. The molecule has 1 amide bonds. The Morgan fingerprint density at radius 1 is 1.14 bits per heavy atom. The largest absolute Gasteiger partial charge is 0.322 e. The van der Waals surface area contributed by atoms with Crippen LogP contribution in [0.2, 0.25) is 5.02 Å². The van der Waals surface area contributed by atoms with E-state index in [0.29, 0.717) is 10.6 Å². The highest BCUT2D eigenvalue weighted by molar-refractivity contribution is 9.10. The van der Waals surface area contributed by atoms with Crippen LogP contribution in [0, 0.1) is 0 Å². The topological polar surface area (TPSA) is 29.1 Å². The number of benzene rings is 2. The molecule has 0 aliphatic rings. The van der Waals surface area contributed by atoms with Crippen molar-refractivity contribution in [2.24, 2.45) is 0 Å². The van der Waals surface area contributed by atoms with Crippen LogP contribution in [0.5, 0.6) is 0 Å². The fraction of sp³-hybridized carbons (Fsp3) is 0.235. The molecule has 4 heteroatoms. The lowest BCUT2D eigenvalue weighted by molar-refractivity contribution is 0.102. The second-order valence-corrected chi connectivity index (χ2v) is 7.18. The summed E-state index contributed by atoms with van der Waals surface area (Å²) in [6.07, 6.45) is 0. The lowest BCUT2D eigenvalue weighted by Gasteiger charge is -2.19. The van der Waals surface area contributed by atoms with Gasteiger partial charge in [-0.2, -0.15) is 0 Å². The molecule has 2 rings (SSSR count). The fourth-order valence-corrected chi connectivity index (χ4v) is 2.33. The van der Waals surface area contributed by atoms with Crippen molar-refractivity contribution in [3.05, 3.63) is 63.1 Å². The molecule has 0 unspecified atom stereocenters. The smallest absolute Gasteiger partial charge is 0.255 e. The van der Waals surface area contributed by atoms with Crippen LogP contribution in [0.4, 0.5) is 5.69 Å². The average molecular weight is 367 g/mol. The summed E-state index contributed by atoms with van der Waals surface area (Å²) in [4.78, 5) is 12.3. The second-order valence-electron chi connectivity index (χ2n) is 5.91. The minimum atomic E-state index is -0.171. The van der Waals surface area contributed by atoms with Crippen molar-refractivity contribution in [2.75, 3.05) is 5.32 Å². The summed E-state index contributed by atoms with van der Waals surface area (Å²) in [6.45, 7) is 6.42. The van der Waals surface area contributed by atoms with Crippen LogP contribution < -0.4 is 5.32 Å². The fourth-order valence-electron chi connectivity index (χ4n) is 1.90. The van der Waals surface area contributed by atoms with Gasteiger partial charge in [0.25, 0.3) is 5.91 Å². The minimum absolute atomic E-state index is 0.0433. The second kappa shape index (κ2) is 6.20. The van der Waals surface area contributed by atoms with E-state index >= 15 is 0 Å². The molecule has 0 aliphatic carbocycles. The normalized spacial score (nSPS) is 11.3. The van der Waals surface area contributed by atoms with Crippen LogP contribution in [0.25, 0.3) is 0 Å². The Bertz CT molecular complexity index is 677. The Morgan fingerprint density at radius 2 is 1.86 bits per heavy atom. The van der Waals surface area contributed by atoms with Crippen LogP contribution in [0.3, 0.4) is 0 Å². The van der Waals surface area contributed by atoms with Gasteiger partial charge in [-0.05, 0) is 57.2 Å². The van der Waals surface area contributed by atoms with E-state index in [9.17, 15) is 4.79 Å².